The van der Waals surface area contributed by atoms with Gasteiger partial charge in [-0.05, 0) is 36.1 Å². The summed E-state index contributed by atoms with van der Waals surface area (Å²) in [6.07, 6.45) is 2.29. The molecule has 1 spiro atoms. The molecule has 1 saturated carbocycles. The topological polar surface area (TPSA) is 134 Å². The van der Waals surface area contributed by atoms with E-state index in [0.29, 0.717) is 46.4 Å². The fourth-order valence-electron chi connectivity index (χ4n) is 5.73. The van der Waals surface area contributed by atoms with Crippen LogP contribution < -0.4 is 14.2 Å². The van der Waals surface area contributed by atoms with Gasteiger partial charge in [0.1, 0.15) is 12.3 Å². The molecule has 10 nitrogen and oxygen atoms in total. The number of allylic oxidation sites excluding steroid dienone is 2. The molecule has 0 bridgehead atoms. The van der Waals surface area contributed by atoms with Crippen molar-refractivity contribution in [3.63, 3.8) is 0 Å². The van der Waals surface area contributed by atoms with E-state index < -0.39 is 17.8 Å². The molecule has 35 heavy (non-hydrogen) atoms. The maximum Gasteiger partial charge on any atom is 0.274 e. The number of fused-ring (bicyclic) bond motifs is 2. The Kier molecular flexibility index (Phi) is 4.43. The van der Waals surface area contributed by atoms with Gasteiger partial charge in [-0.15, -0.1) is 0 Å². The van der Waals surface area contributed by atoms with Crippen LogP contribution in [0.4, 0.5) is 0 Å². The lowest BCUT2D eigenvalue weighted by Gasteiger charge is -2.27. The van der Waals surface area contributed by atoms with Crippen molar-refractivity contribution in [3.8, 4) is 17.2 Å². The molecular weight excluding hydrogens is 454 g/mol. The molecule has 2 aromatic heterocycles. The Morgan fingerprint density at radius 1 is 1.09 bits per heavy atom. The highest BCUT2D eigenvalue weighted by Crippen LogP contribution is 2.66. The number of Topliss-reactive ketones (excluding diaryl/α,β-unsaturated/α-hetero) is 1. The Bertz CT molecular complexity index is 1480. The maximum absolute atomic E-state index is 13.7. The molecule has 2 aliphatic carbocycles. The lowest BCUT2D eigenvalue weighted by atomic mass is 9.85. The van der Waals surface area contributed by atoms with Crippen LogP contribution in [-0.4, -0.2) is 71.9 Å². The number of rotatable bonds is 6. The second kappa shape index (κ2) is 7.22. The van der Waals surface area contributed by atoms with Gasteiger partial charge >= 0.3 is 0 Å². The number of nitrogens with zero attached hydrogens (tertiary/aromatic N) is 1. The molecule has 0 radical (unpaired) electrons. The summed E-state index contributed by atoms with van der Waals surface area (Å²) in [6, 6.07) is 5.14. The smallest absolute Gasteiger partial charge is 0.274 e. The average molecular weight is 477 g/mol. The summed E-state index contributed by atoms with van der Waals surface area (Å²) in [5, 5.41) is 9.95. The Hall–Kier alpha value is -4.05. The number of hydrogen-bond acceptors (Lipinski definition) is 7. The minimum atomic E-state index is -0.645. The second-order valence-corrected chi connectivity index (χ2v) is 9.03. The molecule has 3 aromatic rings. The van der Waals surface area contributed by atoms with Crippen molar-refractivity contribution in [3.05, 3.63) is 52.6 Å². The van der Waals surface area contributed by atoms with Crippen LogP contribution in [0.15, 0.2) is 30.0 Å². The minimum absolute atomic E-state index is 0.150. The first-order valence-electron chi connectivity index (χ1n) is 11.2. The first kappa shape index (κ1) is 21.5. The van der Waals surface area contributed by atoms with Crippen LogP contribution >= 0.6 is 0 Å². The Morgan fingerprint density at radius 3 is 2.54 bits per heavy atom. The van der Waals surface area contributed by atoms with E-state index in [4.69, 9.17) is 14.2 Å². The Balaban J connectivity index is 1.40. The number of aliphatic hydroxyl groups is 1. The van der Waals surface area contributed by atoms with Crippen molar-refractivity contribution >= 4 is 28.4 Å². The maximum atomic E-state index is 13.7. The van der Waals surface area contributed by atoms with Gasteiger partial charge in [0.25, 0.3) is 5.91 Å². The summed E-state index contributed by atoms with van der Waals surface area (Å²) in [7, 11) is 4.55. The molecule has 10 heteroatoms. The van der Waals surface area contributed by atoms with Crippen molar-refractivity contribution in [2.75, 3.05) is 34.5 Å². The van der Waals surface area contributed by atoms with Crippen molar-refractivity contribution < 1.29 is 33.7 Å². The monoisotopic (exact) mass is 477 g/mol. The first-order chi connectivity index (χ1) is 16.9. The van der Waals surface area contributed by atoms with Crippen LogP contribution in [0, 0.1) is 5.92 Å². The van der Waals surface area contributed by atoms with Gasteiger partial charge in [-0.1, -0.05) is 0 Å². The van der Waals surface area contributed by atoms with Crippen molar-refractivity contribution in [1.29, 1.82) is 0 Å². The fourth-order valence-corrected chi connectivity index (χ4v) is 5.73. The van der Waals surface area contributed by atoms with E-state index in [1.807, 2.05) is 0 Å². The molecule has 6 rings (SSSR count). The summed E-state index contributed by atoms with van der Waals surface area (Å²) < 4.78 is 16.4. The number of carbonyl (C=O) groups excluding carboxylic acids is 3. The molecule has 1 aliphatic heterocycles. The predicted octanol–water partition coefficient (Wildman–Crippen LogP) is 2.19. The van der Waals surface area contributed by atoms with Gasteiger partial charge in [-0.25, -0.2) is 0 Å². The molecule has 0 unspecified atom stereocenters. The van der Waals surface area contributed by atoms with Crippen LogP contribution in [0.3, 0.4) is 0 Å². The van der Waals surface area contributed by atoms with E-state index >= 15 is 0 Å². The normalized spacial score (nSPS) is 21.8. The van der Waals surface area contributed by atoms with E-state index in [0.717, 1.165) is 17.4 Å². The summed E-state index contributed by atoms with van der Waals surface area (Å²) in [5.41, 5.74) is 2.40. The number of aliphatic hydroxyl groups excluding tert-OH is 1. The molecule has 2 atom stereocenters. The van der Waals surface area contributed by atoms with E-state index in [1.165, 1.54) is 27.4 Å². The number of amides is 1. The summed E-state index contributed by atoms with van der Waals surface area (Å²) in [4.78, 5) is 46.3. The number of nitrogens with one attached hydrogen (secondary N) is 2. The highest BCUT2D eigenvalue weighted by molar-refractivity contribution is 6.10. The zero-order chi connectivity index (χ0) is 24.6. The van der Waals surface area contributed by atoms with Crippen LogP contribution in [0.2, 0.25) is 0 Å². The van der Waals surface area contributed by atoms with Crippen LogP contribution in [0.25, 0.3) is 10.9 Å². The molecule has 3 N–H and O–H groups in total. The number of ketones is 2. The van der Waals surface area contributed by atoms with E-state index in [2.05, 4.69) is 9.97 Å². The van der Waals surface area contributed by atoms with Crippen LogP contribution in [0.1, 0.15) is 43.4 Å². The quantitative estimate of drug-likeness (QED) is 0.464. The number of likely N-dealkylation sites (tertiary alicyclic amines) is 1. The standard InChI is InChI=1S/C25H23N3O7/c1-33-18-5-11-4-15(27-20(11)23(35-3)22(18)34-2)24(32)28-9-12-8-25(12)13-6-14(17(31)10-29)26-21(13)16(30)7-19(25)28/h4-7,12,26-27,29H,8-10H2,1-3H3/t12-,25-/m1/s1. The number of aromatic nitrogens is 2. The number of ether oxygens (including phenoxy) is 3. The van der Waals surface area contributed by atoms with Gasteiger partial charge in [-0.3, -0.25) is 14.4 Å². The highest BCUT2D eigenvalue weighted by Gasteiger charge is 2.67. The third-order valence-corrected chi connectivity index (χ3v) is 7.41. The molecule has 1 aromatic carbocycles. The molecule has 3 heterocycles. The predicted molar refractivity (Wildman–Crippen MR) is 123 cm³/mol. The van der Waals surface area contributed by atoms with Gasteiger partial charge in [0.2, 0.25) is 17.3 Å². The van der Waals surface area contributed by atoms with Gasteiger partial charge < -0.3 is 34.2 Å². The van der Waals surface area contributed by atoms with Gasteiger partial charge in [0.05, 0.1) is 38.2 Å². The number of benzene rings is 1. The third-order valence-electron chi connectivity index (χ3n) is 7.41. The van der Waals surface area contributed by atoms with Crippen molar-refractivity contribution in [2.45, 2.75) is 11.8 Å². The third kappa shape index (κ3) is 2.71. The van der Waals surface area contributed by atoms with Crippen molar-refractivity contribution in [1.82, 2.24) is 14.9 Å². The second-order valence-electron chi connectivity index (χ2n) is 9.03. The number of methoxy groups -OCH3 is 3. The number of hydrogen-bond donors (Lipinski definition) is 3. The van der Waals surface area contributed by atoms with Gasteiger partial charge in [0, 0.05) is 29.1 Å². The summed E-state index contributed by atoms with van der Waals surface area (Å²) in [6.45, 7) is -0.181. The molecule has 180 valence electrons. The fraction of sp³-hybridized carbons (Fsp3) is 0.320. The number of H-pyrrole nitrogens is 2. The Labute approximate surface area is 199 Å². The number of aromatic amines is 2. The molecule has 2 fully saturated rings. The zero-order valence-corrected chi connectivity index (χ0v) is 19.4. The average Bonchev–Trinajstić information content (AvgIpc) is 3.21. The number of carbonyl (C=O) groups is 3. The Morgan fingerprint density at radius 2 is 1.86 bits per heavy atom. The molecule has 1 amide bonds. The van der Waals surface area contributed by atoms with E-state index in [-0.39, 0.29) is 23.3 Å². The lowest BCUT2D eigenvalue weighted by Crippen LogP contribution is -2.33. The van der Waals surface area contributed by atoms with E-state index in [1.54, 1.807) is 23.1 Å². The number of piperidine rings is 1. The zero-order valence-electron chi connectivity index (χ0n) is 19.4. The lowest BCUT2D eigenvalue weighted by molar-refractivity contribution is 0.0806. The minimum Gasteiger partial charge on any atom is -0.493 e. The van der Waals surface area contributed by atoms with Crippen molar-refractivity contribution in [2.24, 2.45) is 5.92 Å². The highest BCUT2D eigenvalue weighted by atomic mass is 16.5. The molecular formula is C25H23N3O7. The van der Waals surface area contributed by atoms with E-state index in [9.17, 15) is 19.5 Å². The van der Waals surface area contributed by atoms with Gasteiger partial charge in [0.15, 0.2) is 11.5 Å². The summed E-state index contributed by atoms with van der Waals surface area (Å²) >= 11 is 0. The van der Waals surface area contributed by atoms with Crippen LogP contribution in [0.5, 0.6) is 17.2 Å². The summed E-state index contributed by atoms with van der Waals surface area (Å²) in [5.74, 6) is 0.422. The molecule has 1 saturated heterocycles. The SMILES string of the molecule is COc1cc2cc(C(=O)N3C[C@H]4C[C@@]45C3=CC(=O)c3[nH]c(C(=O)CO)cc35)[nH]c2c(OC)c1OC. The van der Waals surface area contributed by atoms with Crippen LogP contribution in [-0.2, 0) is 5.41 Å². The van der Waals surface area contributed by atoms with Gasteiger partial charge in [-0.2, -0.15) is 0 Å². The first-order valence-corrected chi connectivity index (χ1v) is 11.2. The molecule has 3 aliphatic rings. The largest absolute Gasteiger partial charge is 0.493 e.